The molecule has 1 aromatic rings. The lowest BCUT2D eigenvalue weighted by atomic mass is 10.1. The minimum atomic E-state index is -5.08. The molecule has 3 rings (SSSR count). The molecule has 7 nitrogen and oxygen atoms in total. The van der Waals surface area contributed by atoms with Gasteiger partial charge in [-0.1, -0.05) is 12.1 Å². The van der Waals surface area contributed by atoms with Crippen molar-refractivity contribution in [1.29, 1.82) is 0 Å². The number of rotatable bonds is 0. The van der Waals surface area contributed by atoms with Crippen molar-refractivity contribution < 1.29 is 36.2 Å². The summed E-state index contributed by atoms with van der Waals surface area (Å²) >= 11 is 0. The number of ether oxygens (including phenoxy) is 1. The van der Waals surface area contributed by atoms with Gasteiger partial charge in [0.05, 0.1) is 6.04 Å². The maximum absolute atomic E-state index is 12.7. The Labute approximate surface area is 155 Å². The predicted molar refractivity (Wildman–Crippen MR) is 90.0 cm³/mol. The number of carboxylic acids is 1. The lowest BCUT2D eigenvalue weighted by Gasteiger charge is -2.28. The van der Waals surface area contributed by atoms with Crippen LogP contribution in [0.1, 0.15) is 12.8 Å². The average molecular weight is 410 g/mol. The van der Waals surface area contributed by atoms with Gasteiger partial charge in [-0.3, -0.25) is 0 Å². The first-order chi connectivity index (χ1) is 12.4. The van der Waals surface area contributed by atoms with E-state index in [0.29, 0.717) is 5.75 Å². The Hall–Kier alpha value is -1.85. The summed E-state index contributed by atoms with van der Waals surface area (Å²) in [5.74, 6) is -2.27. The molecule has 1 saturated heterocycles. The summed E-state index contributed by atoms with van der Waals surface area (Å²) in [7, 11) is 0.262. The van der Waals surface area contributed by atoms with E-state index in [1.807, 2.05) is 6.07 Å². The van der Waals surface area contributed by atoms with Gasteiger partial charge in [-0.15, -0.1) is 0 Å². The van der Waals surface area contributed by atoms with Gasteiger partial charge in [-0.2, -0.15) is 17.5 Å². The number of likely N-dealkylation sites (tertiary alicyclic amines) is 1. The largest absolute Gasteiger partial charge is 0.490 e. The van der Waals surface area contributed by atoms with Gasteiger partial charge in [-0.05, 0) is 38.6 Å². The molecule has 0 saturated carbocycles. The lowest BCUT2D eigenvalue weighted by molar-refractivity contribution is -0.192. The molecule has 11 heteroatoms. The first-order valence-electron chi connectivity index (χ1n) is 8.17. The van der Waals surface area contributed by atoms with Gasteiger partial charge in [-0.25, -0.2) is 13.2 Å². The Bertz CT molecular complexity index is 785. The fraction of sp³-hybridized carbons (Fsp3) is 0.562. The molecule has 0 unspecified atom stereocenters. The van der Waals surface area contributed by atoms with Gasteiger partial charge < -0.3 is 14.7 Å². The molecular weight excluding hydrogens is 389 g/mol. The minimum Gasteiger partial charge on any atom is -0.487 e. The summed E-state index contributed by atoms with van der Waals surface area (Å²) in [6.07, 6.45) is -3.52. The maximum Gasteiger partial charge on any atom is 0.490 e. The summed E-state index contributed by atoms with van der Waals surface area (Å²) in [4.78, 5) is 11.4. The molecular formula is C16H21F3N2O5S. The van der Waals surface area contributed by atoms with Gasteiger partial charge in [0.25, 0.3) is 0 Å². The molecule has 0 aliphatic carbocycles. The number of carboxylic acid groups (broad SMARTS) is 1. The van der Waals surface area contributed by atoms with Crippen LogP contribution in [-0.2, 0) is 14.8 Å². The molecule has 2 heterocycles. The van der Waals surface area contributed by atoms with E-state index >= 15 is 0 Å². The van der Waals surface area contributed by atoms with Crippen LogP contribution >= 0.6 is 0 Å². The van der Waals surface area contributed by atoms with E-state index in [9.17, 15) is 21.6 Å². The van der Waals surface area contributed by atoms with Crippen LogP contribution in [0.2, 0.25) is 0 Å². The standard InChI is InChI=1S/C14H20N2O3S.C2HF3O2/c1-15-9-7-11-12(8-10-15)19-13-5-3-4-6-14(13)20(17,18)16(11)2;3-2(4,5)1(6)7/h3-6,11-12H,7-10H2,1-2H3;(H,6,7)/t11-,12-;/m0./s1. The molecule has 0 amide bonds. The Morgan fingerprint density at radius 1 is 1.19 bits per heavy atom. The zero-order valence-corrected chi connectivity index (χ0v) is 15.6. The number of alkyl halides is 3. The third-order valence-corrected chi connectivity index (χ3v) is 6.45. The van der Waals surface area contributed by atoms with Crippen molar-refractivity contribution in [3.05, 3.63) is 24.3 Å². The van der Waals surface area contributed by atoms with Gasteiger partial charge >= 0.3 is 12.1 Å². The number of hydrogen-bond acceptors (Lipinski definition) is 5. The van der Waals surface area contributed by atoms with E-state index in [1.165, 1.54) is 4.31 Å². The molecule has 0 spiro atoms. The SMILES string of the molecule is CN1CC[C@@H]2Oc3ccccc3S(=O)(=O)N(C)[C@H]2CC1.O=C(O)C(F)(F)F. The van der Waals surface area contributed by atoms with Gasteiger partial charge in [0.1, 0.15) is 16.7 Å². The molecule has 0 aromatic heterocycles. The Morgan fingerprint density at radius 3 is 2.33 bits per heavy atom. The summed E-state index contributed by atoms with van der Waals surface area (Å²) in [5, 5.41) is 7.12. The zero-order chi connectivity index (χ0) is 20.4. The first kappa shape index (κ1) is 21.5. The van der Waals surface area contributed by atoms with E-state index in [4.69, 9.17) is 14.6 Å². The molecule has 2 aliphatic heterocycles. The zero-order valence-electron chi connectivity index (χ0n) is 14.8. The fourth-order valence-corrected chi connectivity index (χ4v) is 4.53. The van der Waals surface area contributed by atoms with Crippen molar-refractivity contribution >= 4 is 16.0 Å². The van der Waals surface area contributed by atoms with Crippen molar-refractivity contribution in [2.75, 3.05) is 27.2 Å². The van der Waals surface area contributed by atoms with E-state index in [2.05, 4.69) is 11.9 Å². The topological polar surface area (TPSA) is 87.2 Å². The Balaban J connectivity index is 0.000000321. The number of likely N-dealkylation sites (N-methyl/N-ethyl adjacent to an activating group) is 1. The molecule has 0 radical (unpaired) electrons. The van der Waals surface area contributed by atoms with Gasteiger partial charge in [0.15, 0.2) is 0 Å². The van der Waals surface area contributed by atoms with Crippen molar-refractivity contribution in [3.8, 4) is 5.75 Å². The van der Waals surface area contributed by atoms with Crippen LogP contribution in [0.5, 0.6) is 5.75 Å². The van der Waals surface area contributed by atoms with Crippen LogP contribution in [0.25, 0.3) is 0 Å². The van der Waals surface area contributed by atoms with Crippen molar-refractivity contribution in [3.63, 3.8) is 0 Å². The Kier molecular flexibility index (Phi) is 6.38. The average Bonchev–Trinajstić information content (AvgIpc) is 2.80. The highest BCUT2D eigenvalue weighted by Crippen LogP contribution is 2.35. The minimum absolute atomic E-state index is 0.0802. The highest BCUT2D eigenvalue weighted by Gasteiger charge is 2.41. The van der Waals surface area contributed by atoms with E-state index in [-0.39, 0.29) is 17.0 Å². The smallest absolute Gasteiger partial charge is 0.487 e. The molecule has 2 aliphatic rings. The van der Waals surface area contributed by atoms with Crippen LogP contribution in [0, 0.1) is 0 Å². The van der Waals surface area contributed by atoms with Crippen LogP contribution in [0.15, 0.2) is 29.2 Å². The summed E-state index contributed by atoms with van der Waals surface area (Å²) < 4.78 is 64.7. The quantitative estimate of drug-likeness (QED) is 0.702. The number of hydrogen-bond donors (Lipinski definition) is 1. The fourth-order valence-electron chi connectivity index (χ4n) is 3.00. The predicted octanol–water partition coefficient (Wildman–Crippen LogP) is 1.80. The number of sulfonamides is 1. The molecule has 0 bridgehead atoms. The van der Waals surface area contributed by atoms with Crippen LogP contribution < -0.4 is 4.74 Å². The highest BCUT2D eigenvalue weighted by atomic mass is 32.2. The van der Waals surface area contributed by atoms with Crippen LogP contribution in [-0.4, -0.2) is 74.2 Å². The number of halogens is 3. The van der Waals surface area contributed by atoms with Crippen molar-refractivity contribution in [2.24, 2.45) is 0 Å². The molecule has 27 heavy (non-hydrogen) atoms. The number of fused-ring (bicyclic) bond motifs is 2. The Morgan fingerprint density at radius 2 is 1.74 bits per heavy atom. The summed E-state index contributed by atoms with van der Waals surface area (Å²) in [6.45, 7) is 1.82. The maximum atomic E-state index is 12.7. The molecule has 1 aromatic carbocycles. The van der Waals surface area contributed by atoms with E-state index in [1.54, 1.807) is 25.2 Å². The summed E-state index contributed by atoms with van der Waals surface area (Å²) in [6, 6.07) is 6.83. The van der Waals surface area contributed by atoms with Crippen LogP contribution in [0.4, 0.5) is 13.2 Å². The van der Waals surface area contributed by atoms with Crippen molar-refractivity contribution in [2.45, 2.75) is 36.1 Å². The third-order valence-electron chi connectivity index (χ3n) is 4.53. The third kappa shape index (κ3) is 4.90. The van der Waals surface area contributed by atoms with Crippen LogP contribution in [0.3, 0.4) is 0 Å². The molecule has 1 fully saturated rings. The second-order valence-electron chi connectivity index (χ2n) is 6.38. The number of aliphatic carboxylic acids is 1. The highest BCUT2D eigenvalue weighted by molar-refractivity contribution is 7.89. The number of carbonyl (C=O) groups is 1. The second-order valence-corrected chi connectivity index (χ2v) is 8.34. The normalized spacial score (nSPS) is 25.5. The summed E-state index contributed by atoms with van der Waals surface area (Å²) in [5.41, 5.74) is 0. The van der Waals surface area contributed by atoms with Gasteiger partial charge in [0.2, 0.25) is 10.0 Å². The monoisotopic (exact) mass is 410 g/mol. The number of para-hydroxylation sites is 1. The van der Waals surface area contributed by atoms with Crippen molar-refractivity contribution in [1.82, 2.24) is 9.21 Å². The first-order valence-corrected chi connectivity index (χ1v) is 9.61. The molecule has 2 atom stereocenters. The second kappa shape index (κ2) is 8.03. The molecule has 1 N–H and O–H groups in total. The molecule has 152 valence electrons. The lowest BCUT2D eigenvalue weighted by Crippen LogP contribution is -2.44. The number of nitrogens with zero attached hydrogens (tertiary/aromatic N) is 2. The van der Waals surface area contributed by atoms with E-state index in [0.717, 1.165) is 25.9 Å². The number of benzene rings is 1. The van der Waals surface area contributed by atoms with E-state index < -0.39 is 22.2 Å². The van der Waals surface area contributed by atoms with Gasteiger partial charge in [0, 0.05) is 13.6 Å².